The summed E-state index contributed by atoms with van der Waals surface area (Å²) in [5.41, 5.74) is 2.28. The molecule has 0 atom stereocenters. The molecule has 4 rings (SSSR count). The van der Waals surface area contributed by atoms with E-state index in [1.54, 1.807) is 62.9 Å². The average molecular weight is 539 g/mol. The minimum absolute atomic E-state index is 0.142. The minimum atomic E-state index is -0.363. The highest BCUT2D eigenvalue weighted by Gasteiger charge is 2.12. The van der Waals surface area contributed by atoms with Crippen molar-refractivity contribution in [1.29, 1.82) is 0 Å². The third-order valence-corrected chi connectivity index (χ3v) is 6.13. The summed E-state index contributed by atoms with van der Waals surface area (Å²) in [7, 11) is 6.15. The van der Waals surface area contributed by atoms with Crippen LogP contribution in [0.2, 0.25) is 0 Å². The Balaban J connectivity index is 1.46. The Morgan fingerprint density at radius 3 is 2.08 bits per heavy atom. The Morgan fingerprint density at radius 1 is 0.700 bits per heavy atom. The number of carbonyl (C=O) groups is 2. The third-order valence-electron chi connectivity index (χ3n) is 6.13. The lowest BCUT2D eigenvalue weighted by Gasteiger charge is -2.13. The Kier molecular flexibility index (Phi) is 9.04. The number of ether oxygens (including phenoxy) is 4. The molecule has 8 heteroatoms. The lowest BCUT2D eigenvalue weighted by atomic mass is 10.0. The van der Waals surface area contributed by atoms with Crippen LogP contribution in [-0.2, 0) is 4.79 Å². The average Bonchev–Trinajstić information content (AvgIpc) is 2.99. The minimum Gasteiger partial charge on any atom is -0.496 e. The van der Waals surface area contributed by atoms with E-state index in [1.807, 2.05) is 36.4 Å². The molecule has 0 fully saturated rings. The number of hydrogen-bond donors (Lipinski definition) is 2. The number of hydrogen-bond acceptors (Lipinski definition) is 7. The summed E-state index contributed by atoms with van der Waals surface area (Å²) in [5.74, 6) is 1.61. The smallest absolute Gasteiger partial charge is 0.248 e. The molecule has 40 heavy (non-hydrogen) atoms. The first-order chi connectivity index (χ1) is 19.4. The van der Waals surface area contributed by atoms with E-state index in [1.165, 1.54) is 26.4 Å². The topological polar surface area (TPSA) is 95.1 Å². The van der Waals surface area contributed by atoms with Crippen molar-refractivity contribution >= 4 is 39.9 Å². The molecular formula is C32H30N2O6. The number of nitrogens with one attached hydrogen (secondary N) is 2. The number of benzene rings is 4. The van der Waals surface area contributed by atoms with Crippen LogP contribution >= 0.6 is 0 Å². The first-order valence-electron chi connectivity index (χ1n) is 12.4. The van der Waals surface area contributed by atoms with Gasteiger partial charge in [0.1, 0.15) is 23.0 Å². The van der Waals surface area contributed by atoms with E-state index >= 15 is 0 Å². The number of carbonyl (C=O) groups excluding carboxylic acids is 2. The van der Waals surface area contributed by atoms with Gasteiger partial charge in [-0.3, -0.25) is 9.59 Å². The molecule has 204 valence electrons. The largest absolute Gasteiger partial charge is 0.496 e. The van der Waals surface area contributed by atoms with Gasteiger partial charge in [0.15, 0.2) is 5.78 Å². The van der Waals surface area contributed by atoms with Gasteiger partial charge in [-0.2, -0.15) is 0 Å². The van der Waals surface area contributed by atoms with Crippen LogP contribution in [0.15, 0.2) is 91.1 Å². The molecule has 0 saturated carbocycles. The van der Waals surface area contributed by atoms with Crippen LogP contribution in [0.25, 0.3) is 16.8 Å². The van der Waals surface area contributed by atoms with E-state index in [-0.39, 0.29) is 11.7 Å². The van der Waals surface area contributed by atoms with Gasteiger partial charge in [0.2, 0.25) is 5.91 Å². The van der Waals surface area contributed by atoms with Gasteiger partial charge in [0, 0.05) is 41.7 Å². The fourth-order valence-electron chi connectivity index (χ4n) is 4.08. The predicted molar refractivity (Wildman–Crippen MR) is 158 cm³/mol. The summed E-state index contributed by atoms with van der Waals surface area (Å²) in [6.45, 7) is 0. The van der Waals surface area contributed by atoms with Crippen LogP contribution in [0, 0.1) is 0 Å². The third kappa shape index (κ3) is 6.60. The fraction of sp³-hybridized carbons (Fsp3) is 0.125. The maximum atomic E-state index is 12.7. The lowest BCUT2D eigenvalue weighted by Crippen LogP contribution is -2.08. The number of methoxy groups -OCH3 is 4. The molecule has 0 unspecified atom stereocenters. The molecule has 0 saturated heterocycles. The van der Waals surface area contributed by atoms with E-state index < -0.39 is 0 Å². The van der Waals surface area contributed by atoms with Gasteiger partial charge in [-0.1, -0.05) is 36.4 Å². The quantitative estimate of drug-likeness (QED) is 0.170. The van der Waals surface area contributed by atoms with E-state index in [4.69, 9.17) is 18.9 Å². The number of amides is 1. The Hall–Kier alpha value is -5.24. The van der Waals surface area contributed by atoms with Crippen molar-refractivity contribution in [2.24, 2.45) is 0 Å². The number of ketones is 1. The van der Waals surface area contributed by atoms with Gasteiger partial charge in [-0.25, -0.2) is 0 Å². The molecule has 0 aromatic heterocycles. The molecule has 0 bridgehead atoms. The van der Waals surface area contributed by atoms with Crippen LogP contribution in [-0.4, -0.2) is 40.1 Å². The molecule has 0 aliphatic carbocycles. The van der Waals surface area contributed by atoms with Crippen molar-refractivity contribution in [3.8, 4) is 23.0 Å². The van der Waals surface area contributed by atoms with Crippen molar-refractivity contribution in [3.63, 3.8) is 0 Å². The number of fused-ring (bicyclic) bond motifs is 1. The molecule has 4 aromatic rings. The molecule has 8 nitrogen and oxygen atoms in total. The summed E-state index contributed by atoms with van der Waals surface area (Å²) in [4.78, 5) is 25.4. The van der Waals surface area contributed by atoms with E-state index in [2.05, 4.69) is 10.6 Å². The van der Waals surface area contributed by atoms with Crippen molar-refractivity contribution < 1.29 is 28.5 Å². The van der Waals surface area contributed by atoms with Gasteiger partial charge in [-0.15, -0.1) is 0 Å². The summed E-state index contributed by atoms with van der Waals surface area (Å²) >= 11 is 0. The second-order valence-electron chi connectivity index (χ2n) is 8.59. The Morgan fingerprint density at radius 2 is 1.40 bits per heavy atom. The van der Waals surface area contributed by atoms with E-state index in [0.717, 1.165) is 10.8 Å². The molecule has 0 aliphatic heterocycles. The van der Waals surface area contributed by atoms with E-state index in [9.17, 15) is 9.59 Å². The highest BCUT2D eigenvalue weighted by Crippen LogP contribution is 2.35. The van der Waals surface area contributed by atoms with Crippen LogP contribution in [0.5, 0.6) is 23.0 Å². The summed E-state index contributed by atoms with van der Waals surface area (Å²) in [6, 6.07) is 22.0. The second kappa shape index (κ2) is 13.0. The first kappa shape index (κ1) is 27.8. The number of rotatable bonds is 11. The summed E-state index contributed by atoms with van der Waals surface area (Å²) in [6.07, 6.45) is 5.98. The normalized spacial score (nSPS) is 11.0. The fourth-order valence-corrected chi connectivity index (χ4v) is 4.08. The van der Waals surface area contributed by atoms with Crippen LogP contribution < -0.4 is 29.6 Å². The standard InChI is InChI=1S/C32H30N2O6/c1-37-25-19-30(39-3)26(31(20-25)40-4)12-14-32(36)34-24-11-13-29(38-2)27(18-24)33-16-15-28(35)23-10-9-21-7-5-6-8-22(21)17-23/h5-20,33H,1-4H3,(H,34,36)/b14-12+,16-15-. The Labute approximate surface area is 232 Å². The van der Waals surface area contributed by atoms with Crippen molar-refractivity contribution in [2.75, 3.05) is 39.1 Å². The lowest BCUT2D eigenvalue weighted by molar-refractivity contribution is -0.111. The zero-order valence-corrected chi connectivity index (χ0v) is 22.7. The van der Waals surface area contributed by atoms with Crippen LogP contribution in [0.4, 0.5) is 11.4 Å². The molecule has 0 aliphatic rings. The molecule has 2 N–H and O–H groups in total. The highest BCUT2D eigenvalue weighted by molar-refractivity contribution is 6.07. The highest BCUT2D eigenvalue weighted by atomic mass is 16.5. The zero-order valence-electron chi connectivity index (χ0n) is 22.7. The molecule has 4 aromatic carbocycles. The van der Waals surface area contributed by atoms with Gasteiger partial charge in [0.25, 0.3) is 0 Å². The monoisotopic (exact) mass is 538 g/mol. The molecule has 0 spiro atoms. The number of anilines is 2. The van der Waals surface area contributed by atoms with Crippen molar-refractivity contribution in [3.05, 3.63) is 102 Å². The van der Waals surface area contributed by atoms with Crippen LogP contribution in [0.1, 0.15) is 15.9 Å². The first-order valence-corrected chi connectivity index (χ1v) is 12.4. The summed E-state index contributed by atoms with van der Waals surface area (Å²) in [5, 5.41) is 7.97. The maximum Gasteiger partial charge on any atom is 0.248 e. The maximum absolute atomic E-state index is 12.7. The number of allylic oxidation sites excluding steroid dienone is 1. The molecular weight excluding hydrogens is 508 g/mol. The van der Waals surface area contributed by atoms with Gasteiger partial charge >= 0.3 is 0 Å². The van der Waals surface area contributed by atoms with Gasteiger partial charge in [-0.05, 0) is 41.1 Å². The molecule has 1 amide bonds. The Bertz CT molecular complexity index is 1570. The SMILES string of the molecule is COc1cc(OC)c(/C=C/C(=O)Nc2ccc(OC)c(N/C=C\C(=O)c3ccc4ccccc4c3)c2)c(OC)c1. The van der Waals surface area contributed by atoms with Crippen molar-refractivity contribution in [2.45, 2.75) is 0 Å². The molecule has 0 radical (unpaired) electrons. The predicted octanol–water partition coefficient (Wildman–Crippen LogP) is 6.33. The second-order valence-corrected chi connectivity index (χ2v) is 8.59. The van der Waals surface area contributed by atoms with E-state index in [0.29, 0.717) is 45.5 Å². The van der Waals surface area contributed by atoms with Gasteiger partial charge < -0.3 is 29.6 Å². The molecule has 0 heterocycles. The zero-order chi connectivity index (χ0) is 28.5. The van der Waals surface area contributed by atoms with Crippen LogP contribution in [0.3, 0.4) is 0 Å². The van der Waals surface area contributed by atoms with Gasteiger partial charge in [0.05, 0.1) is 39.7 Å². The van der Waals surface area contributed by atoms with Crippen molar-refractivity contribution in [1.82, 2.24) is 0 Å². The summed E-state index contributed by atoms with van der Waals surface area (Å²) < 4.78 is 21.5.